The van der Waals surface area contributed by atoms with Crippen LogP contribution in [0, 0.1) is 56.2 Å². The number of rotatable bonds is 14. The minimum atomic E-state index is -1.31. The third-order valence-electron chi connectivity index (χ3n) is 17.4. The van der Waals surface area contributed by atoms with Crippen LogP contribution in [-0.4, -0.2) is 90.1 Å². The molecule has 1 aromatic carbocycles. The number of aliphatic carboxylic acids is 1. The van der Waals surface area contributed by atoms with E-state index < -0.39 is 29.0 Å². The topological polar surface area (TPSA) is 107 Å². The highest BCUT2D eigenvalue weighted by Gasteiger charge is 2.71. The minimum Gasteiger partial charge on any atom is -0.481 e. The van der Waals surface area contributed by atoms with Gasteiger partial charge in [-0.1, -0.05) is 77.8 Å². The number of likely N-dealkylation sites (N-methyl/N-ethyl adjacent to an activating group) is 1. The largest absolute Gasteiger partial charge is 0.481 e. The predicted octanol–water partition coefficient (Wildman–Crippen LogP) is 9.11. The van der Waals surface area contributed by atoms with E-state index in [-0.39, 0.29) is 45.4 Å². The third kappa shape index (κ3) is 7.31. The molecule has 0 saturated heterocycles. The van der Waals surface area contributed by atoms with Crippen molar-refractivity contribution in [2.75, 3.05) is 33.7 Å². The van der Waals surface area contributed by atoms with E-state index in [0.29, 0.717) is 42.7 Å². The molecule has 10 atom stereocenters. The van der Waals surface area contributed by atoms with Crippen LogP contribution in [0.4, 0.5) is 0 Å². The van der Waals surface area contributed by atoms with Crippen LogP contribution >= 0.6 is 11.6 Å². The molecule has 0 bridgehead atoms. The fraction of sp³-hybridized carbons (Fsp3) is 0.771. The lowest BCUT2D eigenvalue weighted by Gasteiger charge is -2.72. The summed E-state index contributed by atoms with van der Waals surface area (Å²) >= 11 is 6.24. The number of halogens is 1. The summed E-state index contributed by atoms with van der Waals surface area (Å²) in [5.74, 6) is 0.374. The SMILES string of the molecule is CC(C)C1=C2[C@H]3CC[C@@H]4[C@@]5(C)CC[C@H](OC(C=O)C(C)(C)C(=O)O)C(C)(C)[C@@H]5CC[C@@]4(C)[C@]3(C)CC[C@@]2([C@@H](O)CN(CCN(C)C)Cc2ccc(Cl)cc2)CC1=O. The number of aldehydes is 1. The molecule has 4 fully saturated rings. The zero-order chi connectivity index (χ0) is 42.1. The Morgan fingerprint density at radius 3 is 2.21 bits per heavy atom. The van der Waals surface area contributed by atoms with Gasteiger partial charge in [0.1, 0.15) is 12.4 Å². The molecule has 9 heteroatoms. The summed E-state index contributed by atoms with van der Waals surface area (Å²) in [5.41, 5.74) is 1.39. The monoisotopic (exact) mass is 809 g/mol. The highest BCUT2D eigenvalue weighted by Crippen LogP contribution is 2.77. The smallest absolute Gasteiger partial charge is 0.312 e. The van der Waals surface area contributed by atoms with E-state index in [1.165, 1.54) is 5.57 Å². The number of aliphatic hydroxyl groups is 1. The van der Waals surface area contributed by atoms with Crippen LogP contribution in [0.25, 0.3) is 0 Å². The fourth-order valence-electron chi connectivity index (χ4n) is 13.8. The second kappa shape index (κ2) is 15.7. The molecular weight excluding hydrogens is 736 g/mol. The van der Waals surface area contributed by atoms with Gasteiger partial charge in [0, 0.05) is 43.0 Å². The maximum Gasteiger partial charge on any atom is 0.312 e. The molecule has 0 heterocycles. The fourth-order valence-corrected chi connectivity index (χ4v) is 13.9. The lowest BCUT2D eigenvalue weighted by molar-refractivity contribution is -0.243. The molecule has 5 aliphatic rings. The number of hydrogen-bond donors (Lipinski definition) is 2. The number of carbonyl (C=O) groups is 3. The number of carboxylic acid groups (broad SMARTS) is 1. The van der Waals surface area contributed by atoms with Gasteiger partial charge >= 0.3 is 5.97 Å². The maximum atomic E-state index is 14.3. The normalized spacial score (nSPS) is 36.1. The molecule has 0 aliphatic heterocycles. The minimum absolute atomic E-state index is 0.0335. The van der Waals surface area contributed by atoms with Gasteiger partial charge < -0.3 is 24.6 Å². The highest BCUT2D eigenvalue weighted by atomic mass is 35.5. The molecule has 57 heavy (non-hydrogen) atoms. The molecule has 0 radical (unpaired) electrons. The number of ether oxygens (including phenoxy) is 1. The van der Waals surface area contributed by atoms with Gasteiger partial charge in [0.15, 0.2) is 5.78 Å². The Morgan fingerprint density at radius 2 is 1.61 bits per heavy atom. The first-order valence-electron chi connectivity index (χ1n) is 21.9. The molecule has 6 rings (SSSR count). The van der Waals surface area contributed by atoms with Crippen LogP contribution in [0.3, 0.4) is 0 Å². The molecule has 0 aromatic heterocycles. The van der Waals surface area contributed by atoms with Crippen LogP contribution in [0.1, 0.15) is 126 Å². The molecule has 5 aliphatic carbocycles. The van der Waals surface area contributed by atoms with Crippen molar-refractivity contribution in [3.05, 3.63) is 46.0 Å². The van der Waals surface area contributed by atoms with Gasteiger partial charge in [-0.05, 0) is 148 Å². The number of ketones is 1. The Morgan fingerprint density at radius 1 is 0.947 bits per heavy atom. The number of carboxylic acids is 1. The van der Waals surface area contributed by atoms with E-state index >= 15 is 0 Å². The number of allylic oxidation sites excluding steroid dienone is 1. The summed E-state index contributed by atoms with van der Waals surface area (Å²) in [6, 6.07) is 8.00. The van der Waals surface area contributed by atoms with Crippen molar-refractivity contribution in [2.45, 2.75) is 145 Å². The number of nitrogens with zero attached hydrogens (tertiary/aromatic N) is 2. The van der Waals surface area contributed by atoms with Crippen molar-refractivity contribution in [1.29, 1.82) is 0 Å². The maximum absolute atomic E-state index is 14.3. The summed E-state index contributed by atoms with van der Waals surface area (Å²) < 4.78 is 6.54. The van der Waals surface area contributed by atoms with E-state index in [1.807, 2.05) is 12.1 Å². The number of Topliss-reactive ketones (excluding diaryl/α,β-unsaturated/α-hetero) is 1. The van der Waals surface area contributed by atoms with Gasteiger partial charge in [0.2, 0.25) is 0 Å². The van der Waals surface area contributed by atoms with Gasteiger partial charge in [-0.2, -0.15) is 0 Å². The second-order valence-corrected chi connectivity index (χ2v) is 22.0. The molecule has 2 N–H and O–H groups in total. The van der Waals surface area contributed by atoms with Crippen LogP contribution in [0.15, 0.2) is 35.4 Å². The van der Waals surface area contributed by atoms with Crippen LogP contribution < -0.4 is 0 Å². The van der Waals surface area contributed by atoms with E-state index in [1.54, 1.807) is 13.8 Å². The molecule has 4 saturated carbocycles. The first-order chi connectivity index (χ1) is 26.5. The lowest BCUT2D eigenvalue weighted by Crippen LogP contribution is -2.66. The summed E-state index contributed by atoms with van der Waals surface area (Å²) in [5, 5.41) is 23.3. The van der Waals surface area contributed by atoms with Crippen molar-refractivity contribution in [3.8, 4) is 0 Å². The quantitative estimate of drug-likeness (QED) is 0.179. The predicted molar refractivity (Wildman–Crippen MR) is 227 cm³/mol. The number of carbonyl (C=O) groups excluding carboxylic acids is 2. The van der Waals surface area contributed by atoms with Crippen molar-refractivity contribution < 1.29 is 29.3 Å². The van der Waals surface area contributed by atoms with Crippen molar-refractivity contribution >= 4 is 29.6 Å². The molecule has 0 spiro atoms. The number of hydrogen-bond acceptors (Lipinski definition) is 7. The molecule has 318 valence electrons. The van der Waals surface area contributed by atoms with E-state index in [9.17, 15) is 24.6 Å². The molecule has 1 aromatic rings. The standard InChI is InChI=1S/C48H73ClN2O6/c1-30(2)40-34(53)26-48(37(54)28-51(25-24-50(10)11)27-31-12-14-32(49)15-13-31)23-22-46(8)33(41(40)48)16-17-36-45(7)20-19-38(57-39(29-52)44(5,6)42(55)56)43(3,4)35(45)18-21-47(36,46)9/h12-15,29-30,33,35-39,54H,16-28H2,1-11H3,(H,55,56)/t33-,35+,36-,37+,38+,39?,45+,46-,47-,48+/m1/s1. The first kappa shape index (κ1) is 44.5. The first-order valence-corrected chi connectivity index (χ1v) is 22.3. The van der Waals surface area contributed by atoms with Crippen molar-refractivity contribution in [3.63, 3.8) is 0 Å². The molecule has 0 amide bonds. The summed E-state index contributed by atoms with van der Waals surface area (Å²) in [6.07, 6.45) is 6.99. The van der Waals surface area contributed by atoms with E-state index in [0.717, 1.165) is 75.6 Å². The third-order valence-corrected chi connectivity index (χ3v) is 17.6. The highest BCUT2D eigenvalue weighted by molar-refractivity contribution is 6.30. The number of benzene rings is 1. The summed E-state index contributed by atoms with van der Waals surface area (Å²) in [6.45, 7) is 22.6. The number of fused-ring (bicyclic) bond motifs is 7. The Labute approximate surface area is 348 Å². The average Bonchev–Trinajstić information content (AvgIpc) is 3.44. The number of aliphatic hydroxyl groups excluding tert-OH is 1. The van der Waals surface area contributed by atoms with Gasteiger partial charge in [0.25, 0.3) is 0 Å². The van der Waals surface area contributed by atoms with E-state index in [4.69, 9.17) is 16.3 Å². The van der Waals surface area contributed by atoms with Crippen LogP contribution in [0.2, 0.25) is 5.02 Å². The molecule has 8 nitrogen and oxygen atoms in total. The average molecular weight is 810 g/mol. The van der Waals surface area contributed by atoms with Crippen LogP contribution in [0.5, 0.6) is 0 Å². The molecular formula is C48H73ClN2O6. The Hall–Kier alpha value is -2.10. The lowest BCUT2D eigenvalue weighted by atomic mass is 9.33. The van der Waals surface area contributed by atoms with Gasteiger partial charge in [0.05, 0.1) is 17.6 Å². The summed E-state index contributed by atoms with van der Waals surface area (Å²) in [4.78, 5) is 43.3. The van der Waals surface area contributed by atoms with E-state index in [2.05, 4.69) is 84.5 Å². The second-order valence-electron chi connectivity index (χ2n) is 21.6. The Kier molecular flexibility index (Phi) is 12.3. The Balaban J connectivity index is 1.31. The van der Waals surface area contributed by atoms with Crippen molar-refractivity contribution in [2.24, 2.45) is 56.2 Å². The van der Waals surface area contributed by atoms with Gasteiger partial charge in [-0.25, -0.2) is 0 Å². The van der Waals surface area contributed by atoms with Crippen molar-refractivity contribution in [1.82, 2.24) is 9.80 Å². The summed E-state index contributed by atoms with van der Waals surface area (Å²) in [7, 11) is 4.17. The molecule has 1 unspecified atom stereocenters. The Bertz CT molecular complexity index is 1720. The van der Waals surface area contributed by atoms with Gasteiger partial charge in [-0.15, -0.1) is 0 Å². The zero-order valence-electron chi connectivity index (χ0n) is 36.9. The zero-order valence-corrected chi connectivity index (χ0v) is 37.7. The van der Waals surface area contributed by atoms with Gasteiger partial charge in [-0.3, -0.25) is 14.5 Å². The van der Waals surface area contributed by atoms with Crippen LogP contribution in [-0.2, 0) is 25.7 Å².